The minimum atomic E-state index is -0.327. The molecule has 0 spiro atoms. The Hall–Kier alpha value is -2.72. The summed E-state index contributed by atoms with van der Waals surface area (Å²) in [6.07, 6.45) is 1.65. The molecule has 0 aliphatic heterocycles. The Morgan fingerprint density at radius 3 is 2.17 bits per heavy atom. The summed E-state index contributed by atoms with van der Waals surface area (Å²) in [5.74, 6) is 1.61. The fourth-order valence-corrected chi connectivity index (χ4v) is 2.45. The molecule has 0 fully saturated rings. The number of hydrogen-bond donors (Lipinski definition) is 0. The lowest BCUT2D eigenvalue weighted by Crippen LogP contribution is -2.18. The minimum Gasteiger partial charge on any atom is -0.497 e. The molecule has 0 saturated heterocycles. The third-order valence-corrected chi connectivity index (χ3v) is 3.95. The van der Waals surface area contributed by atoms with E-state index in [2.05, 4.69) is 0 Å². The molecule has 0 bridgehead atoms. The first-order valence-corrected chi connectivity index (χ1v) is 7.76. The highest BCUT2D eigenvalue weighted by atomic mass is 35.5. The van der Waals surface area contributed by atoms with Gasteiger partial charge in [-0.25, -0.2) is 0 Å². The van der Waals surface area contributed by atoms with Crippen LogP contribution in [0.5, 0.6) is 17.2 Å². The van der Waals surface area contributed by atoms with Gasteiger partial charge < -0.3 is 9.47 Å². The number of methoxy groups -OCH3 is 1. The van der Waals surface area contributed by atoms with Crippen molar-refractivity contribution in [3.63, 3.8) is 0 Å². The Labute approximate surface area is 144 Å². The van der Waals surface area contributed by atoms with Gasteiger partial charge in [0.05, 0.1) is 7.11 Å². The van der Waals surface area contributed by atoms with Gasteiger partial charge >= 0.3 is 0 Å². The zero-order valence-electron chi connectivity index (χ0n) is 13.3. The van der Waals surface area contributed by atoms with Gasteiger partial charge in [-0.3, -0.25) is 9.36 Å². The molecule has 4 nitrogen and oxygen atoms in total. The molecule has 0 aliphatic carbocycles. The fraction of sp³-hybridized carbons (Fsp3) is 0.105. The first-order valence-electron chi connectivity index (χ1n) is 7.38. The van der Waals surface area contributed by atoms with E-state index in [4.69, 9.17) is 21.1 Å². The second-order valence-electron chi connectivity index (χ2n) is 5.28. The Kier molecular flexibility index (Phi) is 4.58. The normalized spacial score (nSPS) is 10.5. The van der Waals surface area contributed by atoms with Crippen molar-refractivity contribution >= 4 is 11.6 Å². The highest BCUT2D eigenvalue weighted by Crippen LogP contribution is 2.28. The summed E-state index contributed by atoms with van der Waals surface area (Å²) < 4.78 is 12.3. The van der Waals surface area contributed by atoms with Crippen molar-refractivity contribution in [3.05, 3.63) is 81.7 Å². The van der Waals surface area contributed by atoms with E-state index in [0.717, 1.165) is 17.0 Å². The van der Waals surface area contributed by atoms with Crippen molar-refractivity contribution in [2.75, 3.05) is 7.11 Å². The molecule has 3 rings (SSSR count). The van der Waals surface area contributed by atoms with Crippen LogP contribution in [0, 0.1) is 6.92 Å². The smallest absolute Gasteiger partial charge is 0.277 e. The molecule has 0 N–H and O–H groups in total. The maximum absolute atomic E-state index is 12.5. The third kappa shape index (κ3) is 3.29. The molecule has 0 saturated carbocycles. The molecule has 5 heteroatoms. The molecule has 3 aromatic rings. The monoisotopic (exact) mass is 341 g/mol. The van der Waals surface area contributed by atoms with Gasteiger partial charge in [0, 0.05) is 11.9 Å². The molecule has 0 amide bonds. The SMILES string of the molecule is COc1ccc(Oc2ccn(-c3ccc(C)cc3)c(=O)c2Cl)cc1. The number of benzene rings is 2. The average molecular weight is 342 g/mol. The number of pyridine rings is 1. The predicted octanol–water partition coefficient (Wildman–Crippen LogP) is 4.60. The van der Waals surface area contributed by atoms with Crippen LogP contribution in [-0.4, -0.2) is 11.7 Å². The predicted molar refractivity (Wildman–Crippen MR) is 94.9 cm³/mol. The number of rotatable bonds is 4. The molecule has 1 heterocycles. The van der Waals surface area contributed by atoms with Gasteiger partial charge in [-0.1, -0.05) is 29.3 Å². The number of ether oxygens (including phenoxy) is 2. The van der Waals surface area contributed by atoms with Crippen LogP contribution in [0.25, 0.3) is 5.69 Å². The van der Waals surface area contributed by atoms with E-state index in [0.29, 0.717) is 11.5 Å². The van der Waals surface area contributed by atoms with E-state index < -0.39 is 0 Å². The molecular weight excluding hydrogens is 326 g/mol. The number of nitrogens with zero attached hydrogens (tertiary/aromatic N) is 1. The largest absolute Gasteiger partial charge is 0.497 e. The minimum absolute atomic E-state index is 0.0360. The topological polar surface area (TPSA) is 40.5 Å². The summed E-state index contributed by atoms with van der Waals surface area (Å²) >= 11 is 6.20. The summed E-state index contributed by atoms with van der Waals surface area (Å²) in [6, 6.07) is 16.4. The average Bonchev–Trinajstić information content (AvgIpc) is 2.61. The van der Waals surface area contributed by atoms with Gasteiger partial charge in [0.1, 0.15) is 16.5 Å². The van der Waals surface area contributed by atoms with Gasteiger partial charge in [-0.15, -0.1) is 0 Å². The molecule has 0 radical (unpaired) electrons. The van der Waals surface area contributed by atoms with Crippen LogP contribution in [0.1, 0.15) is 5.56 Å². The Balaban J connectivity index is 1.92. The Morgan fingerprint density at radius 1 is 0.917 bits per heavy atom. The van der Waals surface area contributed by atoms with Crippen molar-refractivity contribution in [1.29, 1.82) is 0 Å². The van der Waals surface area contributed by atoms with Gasteiger partial charge in [-0.05, 0) is 49.4 Å². The van der Waals surface area contributed by atoms with Crippen LogP contribution in [0.3, 0.4) is 0 Å². The summed E-state index contributed by atoms with van der Waals surface area (Å²) in [6.45, 7) is 1.99. The van der Waals surface area contributed by atoms with Gasteiger partial charge in [0.25, 0.3) is 5.56 Å². The summed E-state index contributed by atoms with van der Waals surface area (Å²) in [5, 5.41) is 0.0360. The van der Waals surface area contributed by atoms with Crippen molar-refractivity contribution in [2.45, 2.75) is 6.92 Å². The highest BCUT2D eigenvalue weighted by molar-refractivity contribution is 6.31. The van der Waals surface area contributed by atoms with E-state index >= 15 is 0 Å². The molecule has 1 aromatic heterocycles. The van der Waals surface area contributed by atoms with Crippen LogP contribution < -0.4 is 15.0 Å². The van der Waals surface area contributed by atoms with Crippen LogP contribution >= 0.6 is 11.6 Å². The molecule has 0 atom stereocenters. The molecule has 0 unspecified atom stereocenters. The second kappa shape index (κ2) is 6.81. The number of halogens is 1. The van der Waals surface area contributed by atoms with Gasteiger partial charge in [-0.2, -0.15) is 0 Å². The maximum atomic E-state index is 12.5. The van der Waals surface area contributed by atoms with E-state index in [9.17, 15) is 4.79 Å². The summed E-state index contributed by atoms with van der Waals surface area (Å²) in [7, 11) is 1.59. The molecular formula is C19H16ClNO3. The summed E-state index contributed by atoms with van der Waals surface area (Å²) in [4.78, 5) is 12.5. The van der Waals surface area contributed by atoms with E-state index in [-0.39, 0.29) is 10.6 Å². The number of hydrogen-bond acceptors (Lipinski definition) is 3. The van der Waals surface area contributed by atoms with Crippen molar-refractivity contribution in [3.8, 4) is 22.9 Å². The number of aromatic nitrogens is 1. The van der Waals surface area contributed by atoms with E-state index in [1.54, 1.807) is 43.6 Å². The maximum Gasteiger partial charge on any atom is 0.277 e. The molecule has 0 aliphatic rings. The zero-order chi connectivity index (χ0) is 17.1. The van der Waals surface area contributed by atoms with Crippen molar-refractivity contribution in [2.24, 2.45) is 0 Å². The number of aryl methyl sites for hydroxylation is 1. The molecule has 122 valence electrons. The Morgan fingerprint density at radius 2 is 1.54 bits per heavy atom. The zero-order valence-corrected chi connectivity index (χ0v) is 14.1. The molecule has 2 aromatic carbocycles. The first-order chi connectivity index (χ1) is 11.6. The van der Waals surface area contributed by atoms with Crippen LogP contribution in [0.15, 0.2) is 65.6 Å². The lowest BCUT2D eigenvalue weighted by Gasteiger charge is -2.11. The van der Waals surface area contributed by atoms with Crippen molar-refractivity contribution < 1.29 is 9.47 Å². The lowest BCUT2D eigenvalue weighted by molar-refractivity contribution is 0.413. The fourth-order valence-electron chi connectivity index (χ4n) is 2.25. The van der Waals surface area contributed by atoms with Crippen LogP contribution in [0.2, 0.25) is 5.02 Å². The molecule has 24 heavy (non-hydrogen) atoms. The Bertz CT molecular complexity index is 899. The van der Waals surface area contributed by atoms with E-state index in [1.807, 2.05) is 31.2 Å². The summed E-state index contributed by atoms with van der Waals surface area (Å²) in [5.41, 5.74) is 1.55. The highest BCUT2D eigenvalue weighted by Gasteiger charge is 2.11. The van der Waals surface area contributed by atoms with Gasteiger partial charge in [0.15, 0.2) is 5.75 Å². The second-order valence-corrected chi connectivity index (χ2v) is 5.66. The van der Waals surface area contributed by atoms with Crippen molar-refractivity contribution in [1.82, 2.24) is 4.57 Å². The van der Waals surface area contributed by atoms with Gasteiger partial charge in [0.2, 0.25) is 0 Å². The van der Waals surface area contributed by atoms with Crippen LogP contribution in [0.4, 0.5) is 0 Å². The standard InChI is InChI=1S/C19H16ClNO3/c1-13-3-5-14(6-4-13)21-12-11-17(18(20)19(21)22)24-16-9-7-15(23-2)8-10-16/h3-12H,1-2H3. The third-order valence-electron chi connectivity index (χ3n) is 3.60. The quantitative estimate of drug-likeness (QED) is 0.696. The van der Waals surface area contributed by atoms with Crippen LogP contribution in [-0.2, 0) is 0 Å². The van der Waals surface area contributed by atoms with E-state index in [1.165, 1.54) is 4.57 Å². The first kappa shape index (κ1) is 16.1. The lowest BCUT2D eigenvalue weighted by atomic mass is 10.2.